The van der Waals surface area contributed by atoms with Gasteiger partial charge in [-0.05, 0) is 30.5 Å². The first-order valence-electron chi connectivity index (χ1n) is 6.54. The molecule has 5 heteroatoms. The van der Waals surface area contributed by atoms with Crippen molar-refractivity contribution in [3.05, 3.63) is 46.5 Å². The van der Waals surface area contributed by atoms with Crippen molar-refractivity contribution in [1.82, 2.24) is 10.2 Å². The average molecular weight is 382 g/mol. The van der Waals surface area contributed by atoms with Crippen LogP contribution in [0.1, 0.15) is 23.6 Å². The van der Waals surface area contributed by atoms with E-state index < -0.39 is 0 Å². The summed E-state index contributed by atoms with van der Waals surface area (Å²) in [5, 5.41) is 3.41. The minimum absolute atomic E-state index is 0. The van der Waals surface area contributed by atoms with Crippen LogP contribution in [0, 0.1) is 6.92 Å². The number of piperazine rings is 1. The Labute approximate surface area is 143 Å². The van der Waals surface area contributed by atoms with E-state index in [9.17, 15) is 0 Å². The molecular weight excluding hydrogens is 359 g/mol. The zero-order chi connectivity index (χ0) is 13.0. The first-order valence-corrected chi connectivity index (χ1v) is 7.33. The lowest BCUT2D eigenvalue weighted by atomic mass is 10.00. The highest BCUT2D eigenvalue weighted by Crippen LogP contribution is 2.31. The molecule has 20 heavy (non-hydrogen) atoms. The summed E-state index contributed by atoms with van der Waals surface area (Å²) < 4.78 is 1.22. The zero-order valence-corrected chi connectivity index (χ0v) is 15.0. The molecule has 114 valence electrons. The first-order chi connectivity index (χ1) is 8.72. The van der Waals surface area contributed by atoms with Gasteiger partial charge in [-0.1, -0.05) is 34.1 Å². The zero-order valence-electron chi connectivity index (χ0n) is 11.8. The summed E-state index contributed by atoms with van der Waals surface area (Å²) in [7, 11) is 0. The quantitative estimate of drug-likeness (QED) is 0.789. The van der Waals surface area contributed by atoms with Crippen LogP contribution in [-0.2, 0) is 0 Å². The molecule has 1 aliphatic rings. The number of nitrogens with zero attached hydrogens (tertiary/aromatic N) is 1. The maximum atomic E-state index is 3.91. The average Bonchev–Trinajstić information content (AvgIpc) is 2.38. The molecule has 1 aliphatic heterocycles. The second-order valence-corrected chi connectivity index (χ2v) is 5.71. The molecule has 0 saturated carbocycles. The molecule has 1 heterocycles. The molecule has 1 aromatic rings. The molecule has 0 unspecified atom stereocenters. The highest BCUT2D eigenvalue weighted by Gasteiger charge is 2.22. The van der Waals surface area contributed by atoms with E-state index >= 15 is 0 Å². The monoisotopic (exact) mass is 380 g/mol. The maximum Gasteiger partial charge on any atom is 0.0394 e. The molecule has 0 aliphatic carbocycles. The van der Waals surface area contributed by atoms with Crippen molar-refractivity contribution in [3.8, 4) is 0 Å². The van der Waals surface area contributed by atoms with Gasteiger partial charge >= 0.3 is 0 Å². The lowest BCUT2D eigenvalue weighted by Gasteiger charge is -2.35. The second kappa shape index (κ2) is 9.80. The van der Waals surface area contributed by atoms with Gasteiger partial charge in [0, 0.05) is 36.7 Å². The van der Waals surface area contributed by atoms with Gasteiger partial charge in [0.15, 0.2) is 0 Å². The molecule has 1 aromatic carbocycles. The van der Waals surface area contributed by atoms with Crippen molar-refractivity contribution in [3.63, 3.8) is 0 Å². The number of hydrogen-bond donors (Lipinski definition) is 1. The van der Waals surface area contributed by atoms with Gasteiger partial charge in [0.05, 0.1) is 0 Å². The van der Waals surface area contributed by atoms with Gasteiger partial charge < -0.3 is 5.32 Å². The predicted molar refractivity (Wildman–Crippen MR) is 95.4 cm³/mol. The molecule has 0 amide bonds. The van der Waals surface area contributed by atoms with E-state index in [1.54, 1.807) is 0 Å². The lowest BCUT2D eigenvalue weighted by Crippen LogP contribution is -2.45. The van der Waals surface area contributed by atoms with Gasteiger partial charge in [0.1, 0.15) is 0 Å². The summed E-state index contributed by atoms with van der Waals surface area (Å²) in [4.78, 5) is 2.55. The molecule has 1 saturated heterocycles. The molecule has 2 nitrogen and oxygen atoms in total. The summed E-state index contributed by atoms with van der Waals surface area (Å²) in [6.45, 7) is 10.4. The van der Waals surface area contributed by atoms with Crippen molar-refractivity contribution in [2.45, 2.75) is 19.4 Å². The minimum atomic E-state index is 0. The smallest absolute Gasteiger partial charge is 0.0394 e. The van der Waals surface area contributed by atoms with E-state index in [0.29, 0.717) is 6.04 Å². The fourth-order valence-corrected chi connectivity index (χ4v) is 3.28. The van der Waals surface area contributed by atoms with Gasteiger partial charge in [0.25, 0.3) is 0 Å². The molecule has 1 atom stereocenters. The summed E-state index contributed by atoms with van der Waals surface area (Å²) in [5.74, 6) is 0. The van der Waals surface area contributed by atoms with Crippen LogP contribution in [0.25, 0.3) is 0 Å². The SMILES string of the molecule is C=CC[C@H](c1ccc(C)cc1Br)N1CCNCC1.Cl.Cl. The van der Waals surface area contributed by atoms with Crippen LogP contribution in [0.3, 0.4) is 0 Å². The summed E-state index contributed by atoms with van der Waals surface area (Å²) in [6, 6.07) is 7.08. The van der Waals surface area contributed by atoms with E-state index in [4.69, 9.17) is 0 Å². The molecule has 0 spiro atoms. The Morgan fingerprint density at radius 1 is 1.35 bits per heavy atom. The first kappa shape index (κ1) is 19.9. The van der Waals surface area contributed by atoms with Gasteiger partial charge in [-0.15, -0.1) is 31.4 Å². The molecule has 1 fully saturated rings. The van der Waals surface area contributed by atoms with Crippen LogP contribution in [0.4, 0.5) is 0 Å². The number of halogens is 3. The third kappa shape index (κ3) is 5.05. The second-order valence-electron chi connectivity index (χ2n) is 4.85. The summed E-state index contributed by atoms with van der Waals surface area (Å²) in [6.07, 6.45) is 3.03. The molecule has 0 bridgehead atoms. The van der Waals surface area contributed by atoms with Gasteiger partial charge in [-0.25, -0.2) is 0 Å². The number of nitrogens with one attached hydrogen (secondary N) is 1. The third-order valence-corrected chi connectivity index (χ3v) is 4.18. The van der Waals surface area contributed by atoms with Crippen molar-refractivity contribution in [2.75, 3.05) is 26.2 Å². The maximum absolute atomic E-state index is 3.91. The Kier molecular flexibility index (Phi) is 9.77. The predicted octanol–water partition coefficient (Wildman–Crippen LogP) is 4.12. The van der Waals surface area contributed by atoms with Crippen LogP contribution in [-0.4, -0.2) is 31.1 Å². The Bertz CT molecular complexity index is 420. The molecule has 1 N–H and O–H groups in total. The van der Waals surface area contributed by atoms with E-state index in [-0.39, 0.29) is 24.8 Å². The van der Waals surface area contributed by atoms with Crippen molar-refractivity contribution >= 4 is 40.7 Å². The van der Waals surface area contributed by atoms with E-state index in [1.807, 2.05) is 6.08 Å². The molecule has 0 aromatic heterocycles. The summed E-state index contributed by atoms with van der Waals surface area (Å²) >= 11 is 3.71. The standard InChI is InChI=1S/C15H21BrN2.2ClH/c1-3-4-15(18-9-7-17-8-10-18)13-6-5-12(2)11-14(13)16;;/h3,5-6,11,15,17H,1,4,7-10H2,2H3;2*1H/t15-;;/m1../s1. The van der Waals surface area contributed by atoms with E-state index in [2.05, 4.69) is 57.8 Å². The van der Waals surface area contributed by atoms with Crippen molar-refractivity contribution in [1.29, 1.82) is 0 Å². The largest absolute Gasteiger partial charge is 0.314 e. The normalized spacial score (nSPS) is 16.7. The van der Waals surface area contributed by atoms with Crippen LogP contribution in [0.2, 0.25) is 0 Å². The van der Waals surface area contributed by atoms with Crippen LogP contribution < -0.4 is 5.32 Å². The number of aryl methyl sites for hydroxylation is 1. The van der Waals surface area contributed by atoms with Crippen molar-refractivity contribution in [2.24, 2.45) is 0 Å². The van der Waals surface area contributed by atoms with Crippen LogP contribution in [0.5, 0.6) is 0 Å². The Morgan fingerprint density at radius 3 is 2.55 bits per heavy atom. The fourth-order valence-electron chi connectivity index (χ4n) is 2.53. The number of benzene rings is 1. The van der Waals surface area contributed by atoms with E-state index in [1.165, 1.54) is 15.6 Å². The number of rotatable bonds is 4. The highest BCUT2D eigenvalue weighted by molar-refractivity contribution is 9.10. The third-order valence-electron chi connectivity index (χ3n) is 3.50. The Hall–Kier alpha value is -0.0600. The number of hydrogen-bond acceptors (Lipinski definition) is 2. The summed E-state index contributed by atoms with van der Waals surface area (Å²) in [5.41, 5.74) is 2.67. The van der Waals surface area contributed by atoms with Crippen molar-refractivity contribution < 1.29 is 0 Å². The van der Waals surface area contributed by atoms with Gasteiger partial charge in [0.2, 0.25) is 0 Å². The lowest BCUT2D eigenvalue weighted by molar-refractivity contribution is 0.174. The Balaban J connectivity index is 0.00000180. The van der Waals surface area contributed by atoms with Crippen LogP contribution >= 0.6 is 40.7 Å². The fraction of sp³-hybridized carbons (Fsp3) is 0.467. The Morgan fingerprint density at radius 2 is 2.00 bits per heavy atom. The highest BCUT2D eigenvalue weighted by atomic mass is 79.9. The molecular formula is C15H23BrCl2N2. The van der Waals surface area contributed by atoms with Gasteiger partial charge in [-0.2, -0.15) is 0 Å². The van der Waals surface area contributed by atoms with E-state index in [0.717, 1.165) is 32.6 Å². The van der Waals surface area contributed by atoms with Gasteiger partial charge in [-0.3, -0.25) is 4.90 Å². The molecule has 2 rings (SSSR count). The minimum Gasteiger partial charge on any atom is -0.314 e. The topological polar surface area (TPSA) is 15.3 Å². The molecule has 0 radical (unpaired) electrons. The van der Waals surface area contributed by atoms with Crippen LogP contribution in [0.15, 0.2) is 35.3 Å².